The first-order chi connectivity index (χ1) is 8.60. The zero-order valence-electron chi connectivity index (χ0n) is 11.2. The molecule has 18 heavy (non-hydrogen) atoms. The summed E-state index contributed by atoms with van der Waals surface area (Å²) in [6.45, 7) is 6.43. The fourth-order valence-electron chi connectivity index (χ4n) is 1.93. The molecule has 2 atom stereocenters. The van der Waals surface area contributed by atoms with Gasteiger partial charge in [0.25, 0.3) is 5.72 Å². The van der Waals surface area contributed by atoms with Crippen LogP contribution in [0.4, 0.5) is 0 Å². The fourth-order valence-corrected chi connectivity index (χ4v) is 1.93. The summed E-state index contributed by atoms with van der Waals surface area (Å²) in [6, 6.07) is 0. The van der Waals surface area contributed by atoms with Crippen molar-refractivity contribution in [2.75, 3.05) is 19.8 Å². The normalized spacial score (nSPS) is 27.1. The summed E-state index contributed by atoms with van der Waals surface area (Å²) in [5.41, 5.74) is -1.49. The van der Waals surface area contributed by atoms with Crippen LogP contribution in [0, 0.1) is 0 Å². The minimum absolute atomic E-state index is 0.106. The van der Waals surface area contributed by atoms with E-state index >= 15 is 0 Å². The van der Waals surface area contributed by atoms with Crippen LogP contribution in [-0.2, 0) is 23.8 Å². The van der Waals surface area contributed by atoms with E-state index in [9.17, 15) is 9.59 Å². The van der Waals surface area contributed by atoms with Crippen LogP contribution in [0.15, 0.2) is 0 Å². The van der Waals surface area contributed by atoms with E-state index in [4.69, 9.17) is 14.2 Å². The molecule has 1 aliphatic rings. The number of carbonyl (C=O) groups excluding carboxylic acids is 2. The van der Waals surface area contributed by atoms with Gasteiger partial charge in [0.05, 0.1) is 13.0 Å². The SMILES string of the molecule is CCCOC(=O)[C@@]1(OCC)NC(=O)CC1OCC. The van der Waals surface area contributed by atoms with Crippen LogP contribution in [-0.4, -0.2) is 43.5 Å². The van der Waals surface area contributed by atoms with Gasteiger partial charge in [0.2, 0.25) is 5.91 Å². The zero-order valence-corrected chi connectivity index (χ0v) is 11.2. The molecular weight excluding hydrogens is 238 g/mol. The molecule has 1 fully saturated rings. The predicted octanol–water partition coefficient (Wildman–Crippen LogP) is 0.597. The highest BCUT2D eigenvalue weighted by molar-refractivity contribution is 5.92. The number of nitrogens with one attached hydrogen (secondary N) is 1. The lowest BCUT2D eigenvalue weighted by Gasteiger charge is -2.31. The molecule has 1 amide bonds. The number of rotatable bonds is 7. The third-order valence-corrected chi connectivity index (χ3v) is 2.63. The number of amides is 1. The Morgan fingerprint density at radius 2 is 2.11 bits per heavy atom. The van der Waals surface area contributed by atoms with Crippen molar-refractivity contribution in [3.8, 4) is 0 Å². The molecule has 0 aromatic rings. The third kappa shape index (κ3) is 3.00. The first-order valence-corrected chi connectivity index (χ1v) is 6.34. The van der Waals surface area contributed by atoms with E-state index in [0.29, 0.717) is 19.6 Å². The van der Waals surface area contributed by atoms with Crippen molar-refractivity contribution < 1.29 is 23.8 Å². The molecule has 0 spiro atoms. The summed E-state index contributed by atoms with van der Waals surface area (Å²) in [5, 5.41) is 2.55. The van der Waals surface area contributed by atoms with E-state index in [0.717, 1.165) is 0 Å². The molecule has 1 aliphatic heterocycles. The molecule has 1 N–H and O–H groups in total. The van der Waals surface area contributed by atoms with Crippen molar-refractivity contribution in [3.63, 3.8) is 0 Å². The van der Waals surface area contributed by atoms with Gasteiger partial charge in [-0.05, 0) is 20.3 Å². The summed E-state index contributed by atoms with van der Waals surface area (Å²) in [6.07, 6.45) is 0.176. The van der Waals surface area contributed by atoms with Crippen LogP contribution in [0.1, 0.15) is 33.6 Å². The van der Waals surface area contributed by atoms with Gasteiger partial charge in [-0.25, -0.2) is 4.79 Å². The molecule has 104 valence electrons. The largest absolute Gasteiger partial charge is 0.462 e. The van der Waals surface area contributed by atoms with Crippen molar-refractivity contribution in [3.05, 3.63) is 0 Å². The third-order valence-electron chi connectivity index (χ3n) is 2.63. The van der Waals surface area contributed by atoms with Gasteiger partial charge in [0.15, 0.2) is 0 Å². The number of esters is 1. The molecule has 0 aromatic carbocycles. The number of hydrogen-bond donors (Lipinski definition) is 1. The van der Waals surface area contributed by atoms with Crippen LogP contribution in [0.25, 0.3) is 0 Å². The summed E-state index contributed by atoms with van der Waals surface area (Å²) >= 11 is 0. The Bertz CT molecular complexity index is 307. The summed E-state index contributed by atoms with van der Waals surface area (Å²) in [5.74, 6) is -0.856. The first kappa shape index (κ1) is 14.9. The minimum Gasteiger partial charge on any atom is -0.462 e. The molecule has 6 heteroatoms. The topological polar surface area (TPSA) is 73.9 Å². The highest BCUT2D eigenvalue weighted by atomic mass is 16.6. The Morgan fingerprint density at radius 3 is 2.67 bits per heavy atom. The maximum Gasteiger partial charge on any atom is 0.362 e. The van der Waals surface area contributed by atoms with E-state index in [-0.39, 0.29) is 18.9 Å². The maximum absolute atomic E-state index is 12.1. The second-order valence-corrected chi connectivity index (χ2v) is 4.00. The standard InChI is InChI=1S/C12H21NO5/c1-4-7-17-11(15)12(18-6-3)9(16-5-2)8-10(14)13-12/h9H,4-8H2,1-3H3,(H,13,14)/t9?,12-/m1/s1. The predicted molar refractivity (Wildman–Crippen MR) is 63.8 cm³/mol. The van der Waals surface area contributed by atoms with Gasteiger partial charge in [-0.15, -0.1) is 0 Å². The number of ether oxygens (including phenoxy) is 3. The highest BCUT2D eigenvalue weighted by Gasteiger charge is 2.56. The van der Waals surface area contributed by atoms with E-state index in [1.807, 2.05) is 6.92 Å². The van der Waals surface area contributed by atoms with Crippen LogP contribution in [0.5, 0.6) is 0 Å². The number of carbonyl (C=O) groups is 2. The van der Waals surface area contributed by atoms with Crippen LogP contribution < -0.4 is 5.32 Å². The smallest absolute Gasteiger partial charge is 0.362 e. The zero-order chi connectivity index (χ0) is 13.6. The van der Waals surface area contributed by atoms with Crippen LogP contribution in [0.2, 0.25) is 0 Å². The average molecular weight is 259 g/mol. The van der Waals surface area contributed by atoms with Crippen molar-refractivity contribution >= 4 is 11.9 Å². The first-order valence-electron chi connectivity index (χ1n) is 6.34. The van der Waals surface area contributed by atoms with Crippen molar-refractivity contribution in [1.29, 1.82) is 0 Å². The summed E-state index contributed by atoms with van der Waals surface area (Å²) in [7, 11) is 0. The van der Waals surface area contributed by atoms with E-state index in [1.165, 1.54) is 0 Å². The monoisotopic (exact) mass is 259 g/mol. The minimum atomic E-state index is -1.49. The fraction of sp³-hybridized carbons (Fsp3) is 0.833. The average Bonchev–Trinajstić information content (AvgIpc) is 2.65. The van der Waals surface area contributed by atoms with E-state index in [2.05, 4.69) is 5.32 Å². The molecule has 0 radical (unpaired) electrons. The van der Waals surface area contributed by atoms with Gasteiger partial charge in [0, 0.05) is 13.2 Å². The molecule has 1 unspecified atom stereocenters. The van der Waals surface area contributed by atoms with Gasteiger partial charge >= 0.3 is 5.97 Å². The van der Waals surface area contributed by atoms with Crippen molar-refractivity contribution in [2.24, 2.45) is 0 Å². The van der Waals surface area contributed by atoms with Gasteiger partial charge in [-0.2, -0.15) is 0 Å². The Balaban J connectivity index is 2.88. The Morgan fingerprint density at radius 1 is 1.39 bits per heavy atom. The summed E-state index contributed by atoms with van der Waals surface area (Å²) < 4.78 is 16.0. The van der Waals surface area contributed by atoms with E-state index in [1.54, 1.807) is 13.8 Å². The van der Waals surface area contributed by atoms with Crippen LogP contribution >= 0.6 is 0 Å². The van der Waals surface area contributed by atoms with Gasteiger partial charge in [0.1, 0.15) is 6.10 Å². The Hall–Kier alpha value is -1.14. The van der Waals surface area contributed by atoms with Crippen LogP contribution in [0.3, 0.4) is 0 Å². The van der Waals surface area contributed by atoms with Crippen molar-refractivity contribution in [2.45, 2.75) is 45.4 Å². The number of hydrogen-bond acceptors (Lipinski definition) is 5. The van der Waals surface area contributed by atoms with Gasteiger partial charge in [-0.3, -0.25) is 4.79 Å². The molecule has 1 rings (SSSR count). The van der Waals surface area contributed by atoms with Gasteiger partial charge < -0.3 is 19.5 Å². The second-order valence-electron chi connectivity index (χ2n) is 4.00. The molecular formula is C12H21NO5. The molecule has 1 heterocycles. The molecule has 0 aromatic heterocycles. The maximum atomic E-state index is 12.1. The quantitative estimate of drug-likeness (QED) is 0.678. The lowest BCUT2D eigenvalue weighted by molar-refractivity contribution is -0.194. The molecule has 6 nitrogen and oxygen atoms in total. The van der Waals surface area contributed by atoms with Crippen molar-refractivity contribution in [1.82, 2.24) is 5.32 Å². The summed E-state index contributed by atoms with van der Waals surface area (Å²) in [4.78, 5) is 23.6. The Labute approximate surface area is 107 Å². The highest BCUT2D eigenvalue weighted by Crippen LogP contribution is 2.27. The van der Waals surface area contributed by atoms with E-state index < -0.39 is 17.8 Å². The molecule has 0 aliphatic carbocycles. The lowest BCUT2D eigenvalue weighted by Crippen LogP contribution is -2.59. The molecule has 1 saturated heterocycles. The molecule has 0 bridgehead atoms. The Kier molecular flexibility index (Phi) is 5.55. The van der Waals surface area contributed by atoms with Gasteiger partial charge in [-0.1, -0.05) is 6.92 Å². The molecule has 0 saturated carbocycles. The lowest BCUT2D eigenvalue weighted by atomic mass is 10.1. The second kappa shape index (κ2) is 6.70.